The van der Waals surface area contributed by atoms with Crippen LogP contribution in [0.2, 0.25) is 0 Å². The average Bonchev–Trinajstić information content (AvgIpc) is 2.86. The van der Waals surface area contributed by atoms with E-state index in [1.807, 2.05) is 0 Å². The Bertz CT molecular complexity index is 535. The summed E-state index contributed by atoms with van der Waals surface area (Å²) in [6.07, 6.45) is 4.02. The van der Waals surface area contributed by atoms with Crippen LogP contribution in [0.3, 0.4) is 0 Å². The van der Waals surface area contributed by atoms with Gasteiger partial charge in [0.1, 0.15) is 0 Å². The Morgan fingerprint density at radius 1 is 1.17 bits per heavy atom. The standard InChI is InChI=1S/C20H33N3O/c1-16(2)14-23-18(24)21-15-19(23)10-12-20(13-11-19,22(3)4)17-8-6-5-7-9-17/h5-9,16,18,21,24H,10-15H2,1-4H3/t18?,19-,20+. The number of benzene rings is 1. The zero-order chi connectivity index (χ0) is 17.4. The Kier molecular flexibility index (Phi) is 5.03. The minimum Gasteiger partial charge on any atom is -0.365 e. The number of aliphatic hydroxyl groups is 1. The molecular formula is C20H33N3O. The van der Waals surface area contributed by atoms with Crippen LogP contribution in [0.4, 0.5) is 0 Å². The molecule has 3 rings (SSSR count). The molecule has 1 aromatic carbocycles. The number of hydrogen-bond donors (Lipinski definition) is 2. The van der Waals surface area contributed by atoms with Gasteiger partial charge in [0.05, 0.1) is 0 Å². The highest BCUT2D eigenvalue weighted by Gasteiger charge is 2.51. The van der Waals surface area contributed by atoms with Crippen LogP contribution in [0.5, 0.6) is 0 Å². The van der Waals surface area contributed by atoms with Gasteiger partial charge < -0.3 is 5.11 Å². The molecule has 1 aromatic rings. The molecule has 1 atom stereocenters. The zero-order valence-corrected chi connectivity index (χ0v) is 15.6. The Hall–Kier alpha value is -0.940. The minimum atomic E-state index is -0.490. The minimum absolute atomic E-state index is 0.109. The largest absolute Gasteiger partial charge is 0.365 e. The number of hydrogen-bond acceptors (Lipinski definition) is 4. The lowest BCUT2D eigenvalue weighted by Gasteiger charge is -2.51. The molecule has 0 aromatic heterocycles. The molecule has 2 N–H and O–H groups in total. The molecule has 1 heterocycles. The predicted molar refractivity (Wildman–Crippen MR) is 98.6 cm³/mol. The lowest BCUT2D eigenvalue weighted by atomic mass is 9.68. The van der Waals surface area contributed by atoms with E-state index in [0.29, 0.717) is 5.92 Å². The summed E-state index contributed by atoms with van der Waals surface area (Å²) in [4.78, 5) is 4.73. The van der Waals surface area contributed by atoms with Crippen LogP contribution in [0.15, 0.2) is 30.3 Å². The summed E-state index contributed by atoms with van der Waals surface area (Å²) < 4.78 is 0. The monoisotopic (exact) mass is 331 g/mol. The molecule has 1 aliphatic carbocycles. The van der Waals surface area contributed by atoms with Crippen molar-refractivity contribution in [1.82, 2.24) is 15.1 Å². The summed E-state index contributed by atoms with van der Waals surface area (Å²) in [6, 6.07) is 10.9. The molecule has 4 nitrogen and oxygen atoms in total. The molecule has 1 spiro atoms. The molecule has 1 aliphatic heterocycles. The van der Waals surface area contributed by atoms with E-state index < -0.39 is 6.35 Å². The lowest BCUT2D eigenvalue weighted by Crippen LogP contribution is -2.56. The molecule has 0 radical (unpaired) electrons. The first-order valence-electron chi connectivity index (χ1n) is 9.31. The van der Waals surface area contributed by atoms with E-state index in [4.69, 9.17) is 0 Å². The molecule has 134 valence electrons. The maximum Gasteiger partial charge on any atom is 0.163 e. The molecule has 24 heavy (non-hydrogen) atoms. The van der Waals surface area contributed by atoms with Crippen LogP contribution in [-0.2, 0) is 5.54 Å². The van der Waals surface area contributed by atoms with Crippen molar-refractivity contribution in [1.29, 1.82) is 0 Å². The molecule has 4 heteroatoms. The second-order valence-electron chi connectivity index (χ2n) is 8.32. The van der Waals surface area contributed by atoms with E-state index >= 15 is 0 Å². The summed E-state index contributed by atoms with van der Waals surface area (Å²) in [7, 11) is 4.41. The normalized spacial score (nSPS) is 34.5. The number of nitrogens with zero attached hydrogens (tertiary/aromatic N) is 2. The molecule has 1 saturated heterocycles. The summed E-state index contributed by atoms with van der Waals surface area (Å²) in [5, 5.41) is 13.7. The van der Waals surface area contributed by atoms with Crippen molar-refractivity contribution in [2.45, 2.75) is 57.0 Å². The van der Waals surface area contributed by atoms with Crippen LogP contribution >= 0.6 is 0 Å². The van der Waals surface area contributed by atoms with E-state index in [9.17, 15) is 5.11 Å². The lowest BCUT2D eigenvalue weighted by molar-refractivity contribution is -0.0639. The fourth-order valence-electron chi connectivity index (χ4n) is 4.77. The van der Waals surface area contributed by atoms with Crippen molar-refractivity contribution < 1.29 is 5.11 Å². The van der Waals surface area contributed by atoms with E-state index in [0.717, 1.165) is 38.8 Å². The number of aliphatic hydroxyl groups excluding tert-OH is 1. The van der Waals surface area contributed by atoms with Crippen LogP contribution in [0, 0.1) is 5.92 Å². The van der Waals surface area contributed by atoms with Crippen molar-refractivity contribution in [3.63, 3.8) is 0 Å². The van der Waals surface area contributed by atoms with Gasteiger partial charge in [-0.25, -0.2) is 0 Å². The Balaban J connectivity index is 1.83. The highest BCUT2D eigenvalue weighted by molar-refractivity contribution is 5.26. The molecule has 0 bridgehead atoms. The molecular weight excluding hydrogens is 298 g/mol. The first kappa shape index (κ1) is 17.9. The summed E-state index contributed by atoms with van der Waals surface area (Å²) in [6.45, 7) is 6.32. The van der Waals surface area contributed by atoms with Crippen LogP contribution < -0.4 is 5.32 Å². The third-order valence-corrected chi connectivity index (χ3v) is 6.26. The fourth-order valence-corrected chi connectivity index (χ4v) is 4.77. The average molecular weight is 332 g/mol. The maximum atomic E-state index is 10.4. The molecule has 2 aliphatic rings. The third-order valence-electron chi connectivity index (χ3n) is 6.26. The fraction of sp³-hybridized carbons (Fsp3) is 0.700. The van der Waals surface area contributed by atoms with E-state index in [-0.39, 0.29) is 11.1 Å². The van der Waals surface area contributed by atoms with Gasteiger partial charge in [0, 0.05) is 24.2 Å². The van der Waals surface area contributed by atoms with Gasteiger partial charge >= 0.3 is 0 Å². The molecule has 1 saturated carbocycles. The van der Waals surface area contributed by atoms with Crippen molar-refractivity contribution in [3.05, 3.63) is 35.9 Å². The molecule has 2 fully saturated rings. The Morgan fingerprint density at radius 3 is 2.33 bits per heavy atom. The van der Waals surface area contributed by atoms with Crippen LogP contribution in [-0.4, -0.2) is 54.0 Å². The molecule has 0 amide bonds. The second-order valence-corrected chi connectivity index (χ2v) is 8.32. The quantitative estimate of drug-likeness (QED) is 0.889. The van der Waals surface area contributed by atoms with Crippen molar-refractivity contribution in [3.8, 4) is 0 Å². The van der Waals surface area contributed by atoms with Gasteiger partial charge in [-0.1, -0.05) is 44.2 Å². The van der Waals surface area contributed by atoms with Crippen molar-refractivity contribution >= 4 is 0 Å². The van der Waals surface area contributed by atoms with Crippen LogP contribution in [0.25, 0.3) is 0 Å². The van der Waals surface area contributed by atoms with E-state index in [1.54, 1.807) is 0 Å². The van der Waals surface area contributed by atoms with Gasteiger partial charge in [-0.2, -0.15) is 0 Å². The van der Waals surface area contributed by atoms with Gasteiger partial charge in [-0.05, 0) is 51.3 Å². The van der Waals surface area contributed by atoms with Gasteiger partial charge in [0.15, 0.2) is 6.35 Å². The highest BCUT2D eigenvalue weighted by Crippen LogP contribution is 2.47. The van der Waals surface area contributed by atoms with Crippen molar-refractivity contribution in [2.24, 2.45) is 5.92 Å². The molecule has 1 unspecified atom stereocenters. The van der Waals surface area contributed by atoms with Gasteiger partial charge in [0.25, 0.3) is 0 Å². The third kappa shape index (κ3) is 3.01. The van der Waals surface area contributed by atoms with Crippen molar-refractivity contribution in [2.75, 3.05) is 27.2 Å². The summed E-state index contributed by atoms with van der Waals surface area (Å²) >= 11 is 0. The Morgan fingerprint density at radius 2 is 1.79 bits per heavy atom. The number of nitrogens with one attached hydrogen (secondary N) is 1. The maximum absolute atomic E-state index is 10.4. The second kappa shape index (κ2) is 6.75. The zero-order valence-electron chi connectivity index (χ0n) is 15.6. The highest BCUT2D eigenvalue weighted by atomic mass is 16.3. The smallest absolute Gasteiger partial charge is 0.163 e. The SMILES string of the molecule is CC(C)CN1C(O)NC[C@]12CC[C@](c1ccccc1)(N(C)C)CC2. The van der Waals surface area contributed by atoms with Gasteiger partial charge in [-0.15, -0.1) is 0 Å². The van der Waals surface area contributed by atoms with E-state index in [2.05, 4.69) is 73.4 Å². The van der Waals surface area contributed by atoms with Gasteiger partial charge in [0.2, 0.25) is 0 Å². The topological polar surface area (TPSA) is 38.7 Å². The summed E-state index contributed by atoms with van der Waals surface area (Å²) in [5.41, 5.74) is 1.65. The first-order chi connectivity index (χ1) is 11.4. The summed E-state index contributed by atoms with van der Waals surface area (Å²) in [5.74, 6) is 0.561. The first-order valence-corrected chi connectivity index (χ1v) is 9.31. The Labute approximate surface area is 146 Å². The number of rotatable bonds is 4. The predicted octanol–water partition coefficient (Wildman–Crippen LogP) is 2.59. The van der Waals surface area contributed by atoms with Gasteiger partial charge in [-0.3, -0.25) is 15.1 Å². The van der Waals surface area contributed by atoms with E-state index in [1.165, 1.54) is 5.56 Å². The van der Waals surface area contributed by atoms with Crippen LogP contribution in [0.1, 0.15) is 45.1 Å².